The Bertz CT molecular complexity index is 1350. The lowest BCUT2D eigenvalue weighted by Gasteiger charge is -2.25. The van der Waals surface area contributed by atoms with Gasteiger partial charge in [0.05, 0.1) is 6.04 Å². The second-order valence-corrected chi connectivity index (χ2v) is 10.7. The quantitative estimate of drug-likeness (QED) is 0.112. The summed E-state index contributed by atoms with van der Waals surface area (Å²) in [6.45, 7) is 0.471. The molecule has 0 radical (unpaired) electrons. The molecule has 3 amide bonds. The number of carbonyl (C=O) groups excluding carboxylic acids is 3. The number of carbonyl (C=O) groups is 4. The van der Waals surface area contributed by atoms with E-state index in [1.165, 1.54) is 12.1 Å². The molecule has 0 heterocycles. The summed E-state index contributed by atoms with van der Waals surface area (Å²) in [5.74, 6) is -3.03. The summed E-state index contributed by atoms with van der Waals surface area (Å²) in [5, 5.41) is 27.6. The Morgan fingerprint density at radius 3 is 1.52 bits per heavy atom. The molecule has 0 bridgehead atoms. The average molecular weight is 604 g/mol. The maximum atomic E-state index is 13.7. The number of phenols is 1. The van der Waals surface area contributed by atoms with E-state index in [1.807, 2.05) is 12.1 Å². The van der Waals surface area contributed by atoms with Crippen LogP contribution in [0.2, 0.25) is 0 Å². The van der Waals surface area contributed by atoms with Gasteiger partial charge in [0.15, 0.2) is 0 Å². The van der Waals surface area contributed by atoms with Crippen LogP contribution in [0.1, 0.15) is 36.0 Å². The van der Waals surface area contributed by atoms with Gasteiger partial charge < -0.3 is 37.6 Å². The van der Waals surface area contributed by atoms with Crippen molar-refractivity contribution in [3.63, 3.8) is 0 Å². The smallest absolute Gasteiger partial charge is 0.326 e. The van der Waals surface area contributed by atoms with Crippen molar-refractivity contribution in [1.82, 2.24) is 16.0 Å². The molecule has 3 aromatic carbocycles. The van der Waals surface area contributed by atoms with E-state index in [9.17, 15) is 29.4 Å². The molecule has 234 valence electrons. The lowest BCUT2D eigenvalue weighted by molar-refractivity contribution is -0.142. The van der Waals surface area contributed by atoms with Crippen molar-refractivity contribution in [1.29, 1.82) is 0 Å². The highest BCUT2D eigenvalue weighted by atomic mass is 16.4. The molecule has 3 aromatic rings. The number of phenolic OH excluding ortho intramolecular Hbond substituents is 1. The van der Waals surface area contributed by atoms with Gasteiger partial charge in [0.1, 0.15) is 23.9 Å². The first-order valence-electron chi connectivity index (χ1n) is 14.6. The fourth-order valence-electron chi connectivity index (χ4n) is 4.65. The van der Waals surface area contributed by atoms with Gasteiger partial charge in [0.25, 0.3) is 0 Å². The van der Waals surface area contributed by atoms with Gasteiger partial charge in [-0.3, -0.25) is 14.4 Å². The van der Waals surface area contributed by atoms with Gasteiger partial charge in [0.2, 0.25) is 17.7 Å². The first-order chi connectivity index (χ1) is 21.2. The van der Waals surface area contributed by atoms with E-state index in [0.29, 0.717) is 31.4 Å². The number of carboxylic acids is 1. The molecule has 0 aliphatic heterocycles. The maximum Gasteiger partial charge on any atom is 0.326 e. The fraction of sp³-hybridized carbons (Fsp3) is 0.333. The largest absolute Gasteiger partial charge is 0.508 e. The van der Waals surface area contributed by atoms with Crippen LogP contribution in [-0.2, 0) is 38.4 Å². The summed E-state index contributed by atoms with van der Waals surface area (Å²) >= 11 is 0. The van der Waals surface area contributed by atoms with Crippen LogP contribution in [0.25, 0.3) is 0 Å². The molecule has 0 spiro atoms. The average Bonchev–Trinajstić information content (AvgIpc) is 3.02. The van der Waals surface area contributed by atoms with Crippen LogP contribution in [0.5, 0.6) is 5.75 Å². The fourth-order valence-corrected chi connectivity index (χ4v) is 4.65. The minimum Gasteiger partial charge on any atom is -0.508 e. The molecule has 11 heteroatoms. The molecule has 44 heavy (non-hydrogen) atoms. The van der Waals surface area contributed by atoms with E-state index < -0.39 is 47.9 Å². The summed E-state index contributed by atoms with van der Waals surface area (Å²) in [6, 6.07) is 19.7. The Labute approximate surface area is 257 Å². The summed E-state index contributed by atoms with van der Waals surface area (Å²) in [5.41, 5.74) is 13.7. The number of carboxylic acid groups (broad SMARTS) is 1. The minimum atomic E-state index is -1.24. The zero-order valence-corrected chi connectivity index (χ0v) is 24.5. The van der Waals surface area contributed by atoms with Crippen LogP contribution in [0, 0.1) is 0 Å². The van der Waals surface area contributed by atoms with Gasteiger partial charge in [-0.05, 0) is 48.2 Å². The molecule has 4 unspecified atom stereocenters. The van der Waals surface area contributed by atoms with Crippen molar-refractivity contribution in [3.05, 3.63) is 102 Å². The first kappa shape index (κ1) is 33.8. The van der Waals surface area contributed by atoms with Gasteiger partial charge in [-0.2, -0.15) is 0 Å². The summed E-state index contributed by atoms with van der Waals surface area (Å²) in [7, 11) is 0. The molecular weight excluding hydrogens is 562 g/mol. The number of aromatic hydroxyl groups is 1. The van der Waals surface area contributed by atoms with Crippen molar-refractivity contribution in [2.45, 2.75) is 62.7 Å². The van der Waals surface area contributed by atoms with Crippen molar-refractivity contribution in [2.75, 3.05) is 6.54 Å². The highest BCUT2D eigenvalue weighted by Gasteiger charge is 2.31. The van der Waals surface area contributed by atoms with Gasteiger partial charge in [-0.15, -0.1) is 0 Å². The molecular formula is C33H41N5O6. The van der Waals surface area contributed by atoms with Gasteiger partial charge in [-0.25, -0.2) is 4.79 Å². The number of hydrogen-bond acceptors (Lipinski definition) is 7. The third-order valence-corrected chi connectivity index (χ3v) is 7.13. The van der Waals surface area contributed by atoms with Crippen LogP contribution < -0.4 is 27.4 Å². The molecule has 0 saturated heterocycles. The molecule has 0 aliphatic carbocycles. The number of benzene rings is 3. The Kier molecular flexibility index (Phi) is 13.3. The van der Waals surface area contributed by atoms with E-state index in [1.54, 1.807) is 60.7 Å². The molecule has 0 fully saturated rings. The van der Waals surface area contributed by atoms with Crippen LogP contribution >= 0.6 is 0 Å². The highest BCUT2D eigenvalue weighted by Crippen LogP contribution is 2.13. The van der Waals surface area contributed by atoms with Crippen LogP contribution in [-0.4, -0.2) is 64.6 Å². The number of nitrogens with one attached hydrogen (secondary N) is 3. The van der Waals surface area contributed by atoms with Gasteiger partial charge in [-0.1, -0.05) is 79.2 Å². The van der Waals surface area contributed by atoms with Crippen LogP contribution in [0.15, 0.2) is 84.9 Å². The molecule has 0 saturated carbocycles. The molecule has 4 atom stereocenters. The summed E-state index contributed by atoms with van der Waals surface area (Å²) in [4.78, 5) is 52.3. The lowest BCUT2D eigenvalue weighted by atomic mass is 10.0. The lowest BCUT2D eigenvalue weighted by Crippen LogP contribution is -2.58. The third-order valence-electron chi connectivity index (χ3n) is 7.13. The van der Waals surface area contributed by atoms with E-state index in [-0.39, 0.29) is 25.0 Å². The molecule has 0 aliphatic rings. The minimum absolute atomic E-state index is 0.0452. The van der Waals surface area contributed by atoms with E-state index in [4.69, 9.17) is 11.5 Å². The SMILES string of the molecule is NCCCCC(N)C(=O)NC(Cc1ccc(O)cc1)C(=O)NC(Cc1ccccc1)C(=O)NC(Cc1ccccc1)C(=O)O. The second-order valence-electron chi connectivity index (χ2n) is 10.7. The number of amides is 3. The maximum absolute atomic E-state index is 13.7. The molecule has 0 aromatic heterocycles. The van der Waals surface area contributed by atoms with Crippen molar-refractivity contribution in [3.8, 4) is 5.75 Å². The standard InChI is InChI=1S/C33H41N5O6/c34-18-8-7-13-26(35)30(40)36-27(20-24-14-16-25(39)17-15-24)31(41)37-28(19-22-9-3-1-4-10-22)32(42)38-29(33(43)44)21-23-11-5-2-6-12-23/h1-6,9-12,14-17,26-29,39H,7-8,13,18-21,34-35H2,(H,36,40)(H,37,41)(H,38,42)(H,43,44). The van der Waals surface area contributed by atoms with Crippen molar-refractivity contribution < 1.29 is 29.4 Å². The van der Waals surface area contributed by atoms with Gasteiger partial charge in [0, 0.05) is 19.3 Å². The molecule has 3 rings (SSSR count). The van der Waals surface area contributed by atoms with Gasteiger partial charge >= 0.3 is 5.97 Å². The second kappa shape index (κ2) is 17.4. The van der Waals surface area contributed by atoms with E-state index in [2.05, 4.69) is 16.0 Å². The number of hydrogen-bond donors (Lipinski definition) is 7. The number of nitrogens with two attached hydrogens (primary N) is 2. The Morgan fingerprint density at radius 1 is 0.614 bits per heavy atom. The van der Waals surface area contributed by atoms with Crippen molar-refractivity contribution >= 4 is 23.7 Å². The number of unbranched alkanes of at least 4 members (excludes halogenated alkanes) is 1. The predicted octanol–water partition coefficient (Wildman–Crippen LogP) is 1.42. The number of aliphatic carboxylic acids is 1. The van der Waals surface area contributed by atoms with E-state index >= 15 is 0 Å². The highest BCUT2D eigenvalue weighted by molar-refractivity contribution is 5.94. The van der Waals surface area contributed by atoms with E-state index in [0.717, 1.165) is 11.1 Å². The first-order valence-corrected chi connectivity index (χ1v) is 14.6. The Morgan fingerprint density at radius 2 is 1.05 bits per heavy atom. The zero-order valence-electron chi connectivity index (χ0n) is 24.5. The predicted molar refractivity (Wildman–Crippen MR) is 166 cm³/mol. The summed E-state index contributed by atoms with van der Waals surface area (Å²) in [6.07, 6.45) is 1.92. The number of rotatable bonds is 17. The third kappa shape index (κ3) is 11.2. The normalized spacial score (nSPS) is 13.6. The van der Waals surface area contributed by atoms with Crippen LogP contribution in [0.4, 0.5) is 0 Å². The molecule has 11 nitrogen and oxygen atoms in total. The van der Waals surface area contributed by atoms with Crippen LogP contribution in [0.3, 0.4) is 0 Å². The zero-order chi connectivity index (χ0) is 31.9. The summed E-state index contributed by atoms with van der Waals surface area (Å²) < 4.78 is 0. The molecule has 9 N–H and O–H groups in total. The topological polar surface area (TPSA) is 197 Å². The Hall–Kier alpha value is -4.74. The Balaban J connectivity index is 1.82. The van der Waals surface area contributed by atoms with Crippen molar-refractivity contribution in [2.24, 2.45) is 11.5 Å². The monoisotopic (exact) mass is 603 g/mol.